The third-order valence-electron chi connectivity index (χ3n) is 2.42. The van der Waals surface area contributed by atoms with Crippen LogP contribution in [0.2, 0.25) is 0 Å². The lowest BCUT2D eigenvalue weighted by Crippen LogP contribution is -2.33. The highest BCUT2D eigenvalue weighted by molar-refractivity contribution is 7.89. The molecule has 0 saturated carbocycles. The summed E-state index contributed by atoms with van der Waals surface area (Å²) in [6.07, 6.45) is 2.95. The van der Waals surface area contributed by atoms with Crippen molar-refractivity contribution < 1.29 is 12.6 Å². The third kappa shape index (κ3) is 3.76. The van der Waals surface area contributed by atoms with Gasteiger partial charge in [0.25, 0.3) is 10.0 Å². The topological polar surface area (TPSA) is 88.2 Å². The van der Waals surface area contributed by atoms with E-state index in [4.69, 9.17) is 0 Å². The van der Waals surface area contributed by atoms with Gasteiger partial charge < -0.3 is 5.32 Å². The SMILES string of the molecule is CNc1cccnc1S(=O)(=O)NCC(C)S(C)=O. The molecule has 1 aromatic rings. The predicted octanol–water partition coefficient (Wildman–Crippen LogP) is 0.169. The summed E-state index contributed by atoms with van der Waals surface area (Å²) >= 11 is 0. The van der Waals surface area contributed by atoms with E-state index in [0.29, 0.717) is 5.69 Å². The smallest absolute Gasteiger partial charge is 0.260 e. The molecule has 0 amide bonds. The Morgan fingerprint density at radius 2 is 2.17 bits per heavy atom. The van der Waals surface area contributed by atoms with Crippen molar-refractivity contribution in [3.8, 4) is 0 Å². The molecule has 0 spiro atoms. The van der Waals surface area contributed by atoms with E-state index < -0.39 is 20.8 Å². The maximum Gasteiger partial charge on any atom is 0.260 e. The molecule has 0 aliphatic rings. The Labute approximate surface area is 110 Å². The lowest BCUT2D eigenvalue weighted by molar-refractivity contribution is 0.577. The van der Waals surface area contributed by atoms with Crippen molar-refractivity contribution in [2.24, 2.45) is 0 Å². The van der Waals surface area contributed by atoms with Gasteiger partial charge in [-0.15, -0.1) is 0 Å². The molecule has 0 aliphatic heterocycles. The molecule has 1 rings (SSSR count). The minimum atomic E-state index is -3.69. The number of aromatic nitrogens is 1. The molecule has 102 valence electrons. The van der Waals surface area contributed by atoms with Crippen LogP contribution in [-0.2, 0) is 20.8 Å². The molecule has 1 heterocycles. The van der Waals surface area contributed by atoms with Crippen molar-refractivity contribution >= 4 is 26.5 Å². The summed E-state index contributed by atoms with van der Waals surface area (Å²) in [7, 11) is -3.14. The monoisotopic (exact) mass is 291 g/mol. The Hall–Kier alpha value is -0.990. The molecule has 6 nitrogen and oxygen atoms in total. The molecule has 18 heavy (non-hydrogen) atoms. The first-order valence-corrected chi connectivity index (χ1v) is 8.43. The van der Waals surface area contributed by atoms with Crippen LogP contribution in [-0.4, -0.2) is 42.7 Å². The van der Waals surface area contributed by atoms with Gasteiger partial charge >= 0.3 is 0 Å². The number of hydrogen-bond acceptors (Lipinski definition) is 5. The summed E-state index contributed by atoms with van der Waals surface area (Å²) < 4.78 is 37.6. The Balaban J connectivity index is 2.90. The molecule has 8 heteroatoms. The van der Waals surface area contributed by atoms with Crippen LogP contribution in [0, 0.1) is 0 Å². The average molecular weight is 291 g/mol. The van der Waals surface area contributed by atoms with Crippen molar-refractivity contribution in [3.63, 3.8) is 0 Å². The number of anilines is 1. The number of rotatable bonds is 6. The zero-order valence-electron chi connectivity index (χ0n) is 10.5. The summed E-state index contributed by atoms with van der Waals surface area (Å²) in [5.41, 5.74) is 0.426. The number of pyridine rings is 1. The van der Waals surface area contributed by atoms with Gasteiger partial charge in [-0.05, 0) is 19.1 Å². The van der Waals surface area contributed by atoms with Gasteiger partial charge in [0.15, 0.2) is 5.03 Å². The minimum absolute atomic E-state index is 0.0541. The fraction of sp³-hybridized carbons (Fsp3) is 0.500. The Morgan fingerprint density at radius 3 is 2.72 bits per heavy atom. The molecule has 1 aromatic heterocycles. The quantitative estimate of drug-likeness (QED) is 0.780. The van der Waals surface area contributed by atoms with E-state index in [1.54, 1.807) is 32.4 Å². The van der Waals surface area contributed by atoms with E-state index >= 15 is 0 Å². The Bertz CT molecular complexity index is 531. The van der Waals surface area contributed by atoms with Gasteiger partial charge in [0.1, 0.15) is 0 Å². The first-order chi connectivity index (χ1) is 8.38. The zero-order valence-corrected chi connectivity index (χ0v) is 12.1. The standard InChI is InChI=1S/C10H17N3O3S2/c1-8(17(3)14)7-13-18(15,16)10-9(11-2)5-4-6-12-10/h4-6,8,11,13H,7H2,1-3H3. The largest absolute Gasteiger partial charge is 0.386 e. The molecule has 0 aromatic carbocycles. The highest BCUT2D eigenvalue weighted by Crippen LogP contribution is 2.16. The van der Waals surface area contributed by atoms with Crippen LogP contribution in [0.4, 0.5) is 5.69 Å². The van der Waals surface area contributed by atoms with E-state index in [1.807, 2.05) is 0 Å². The molecule has 2 atom stereocenters. The molecule has 0 aliphatic carbocycles. The van der Waals surface area contributed by atoms with Crippen LogP contribution < -0.4 is 10.0 Å². The van der Waals surface area contributed by atoms with Crippen LogP contribution in [0.25, 0.3) is 0 Å². The third-order valence-corrected chi connectivity index (χ3v) is 5.10. The second kappa shape index (κ2) is 6.26. The highest BCUT2D eigenvalue weighted by Gasteiger charge is 2.20. The normalized spacial score (nSPS) is 15.1. The maximum atomic E-state index is 12.0. The number of sulfonamides is 1. The first-order valence-electron chi connectivity index (χ1n) is 5.33. The Kier molecular flexibility index (Phi) is 5.24. The predicted molar refractivity (Wildman–Crippen MR) is 72.5 cm³/mol. The van der Waals surface area contributed by atoms with E-state index in [2.05, 4.69) is 15.0 Å². The van der Waals surface area contributed by atoms with Gasteiger partial charge in [-0.2, -0.15) is 0 Å². The van der Waals surface area contributed by atoms with Crippen LogP contribution in [0.5, 0.6) is 0 Å². The van der Waals surface area contributed by atoms with Crippen molar-refractivity contribution in [1.29, 1.82) is 0 Å². The summed E-state index contributed by atoms with van der Waals surface area (Å²) in [5, 5.41) is 2.47. The van der Waals surface area contributed by atoms with E-state index in [1.165, 1.54) is 6.20 Å². The zero-order chi connectivity index (χ0) is 13.8. The van der Waals surface area contributed by atoms with E-state index in [9.17, 15) is 12.6 Å². The van der Waals surface area contributed by atoms with Gasteiger partial charge in [-0.1, -0.05) is 0 Å². The summed E-state index contributed by atoms with van der Waals surface area (Å²) in [4.78, 5) is 3.86. The van der Waals surface area contributed by atoms with Crippen LogP contribution in [0.15, 0.2) is 23.4 Å². The molecule has 0 fully saturated rings. The van der Waals surface area contributed by atoms with Gasteiger partial charge in [0, 0.05) is 42.1 Å². The Morgan fingerprint density at radius 1 is 1.50 bits per heavy atom. The maximum absolute atomic E-state index is 12.0. The second-order valence-corrected chi connectivity index (χ2v) is 7.25. The first kappa shape index (κ1) is 15.1. The summed E-state index contributed by atoms with van der Waals surface area (Å²) in [6.45, 7) is 1.83. The highest BCUT2D eigenvalue weighted by atomic mass is 32.2. The van der Waals surface area contributed by atoms with E-state index in [0.717, 1.165) is 0 Å². The number of hydrogen-bond donors (Lipinski definition) is 2. The lowest BCUT2D eigenvalue weighted by atomic mass is 10.4. The van der Waals surface area contributed by atoms with Crippen LogP contribution in [0.1, 0.15) is 6.92 Å². The number of nitrogens with one attached hydrogen (secondary N) is 2. The molecule has 0 saturated heterocycles. The van der Waals surface area contributed by atoms with E-state index in [-0.39, 0.29) is 16.8 Å². The summed E-state index contributed by atoms with van der Waals surface area (Å²) in [5.74, 6) is 0. The second-order valence-electron chi connectivity index (χ2n) is 3.77. The molecule has 0 bridgehead atoms. The van der Waals surface area contributed by atoms with Crippen molar-refractivity contribution in [2.75, 3.05) is 25.2 Å². The minimum Gasteiger partial charge on any atom is -0.386 e. The van der Waals surface area contributed by atoms with Crippen molar-refractivity contribution in [3.05, 3.63) is 18.3 Å². The average Bonchev–Trinajstić information content (AvgIpc) is 2.35. The molecule has 2 N–H and O–H groups in total. The van der Waals surface area contributed by atoms with Crippen molar-refractivity contribution in [2.45, 2.75) is 17.2 Å². The molecular weight excluding hydrogens is 274 g/mol. The van der Waals surface area contributed by atoms with Gasteiger partial charge in [-0.25, -0.2) is 18.1 Å². The number of nitrogens with zero attached hydrogens (tertiary/aromatic N) is 1. The fourth-order valence-electron chi connectivity index (χ4n) is 1.21. The van der Waals surface area contributed by atoms with Gasteiger partial charge in [0.05, 0.1) is 5.69 Å². The summed E-state index contributed by atoms with van der Waals surface area (Å²) in [6, 6.07) is 3.28. The molecule has 2 unspecified atom stereocenters. The van der Waals surface area contributed by atoms with Crippen LogP contribution >= 0.6 is 0 Å². The van der Waals surface area contributed by atoms with Gasteiger partial charge in [-0.3, -0.25) is 4.21 Å². The fourth-order valence-corrected chi connectivity index (χ4v) is 2.90. The van der Waals surface area contributed by atoms with Crippen LogP contribution in [0.3, 0.4) is 0 Å². The molecular formula is C10H17N3O3S2. The van der Waals surface area contributed by atoms with Gasteiger partial charge in [0.2, 0.25) is 0 Å². The lowest BCUT2D eigenvalue weighted by Gasteiger charge is -2.12. The molecule has 0 radical (unpaired) electrons. The van der Waals surface area contributed by atoms with Crippen molar-refractivity contribution in [1.82, 2.24) is 9.71 Å².